The lowest BCUT2D eigenvalue weighted by Crippen LogP contribution is -2.41. The normalized spacial score (nSPS) is 12.3. The molecule has 146 valence electrons. The minimum absolute atomic E-state index is 0.0839. The van der Waals surface area contributed by atoms with E-state index in [2.05, 4.69) is 15.4 Å². The van der Waals surface area contributed by atoms with Crippen molar-refractivity contribution in [1.29, 1.82) is 0 Å². The molecule has 0 aliphatic rings. The van der Waals surface area contributed by atoms with Gasteiger partial charge in [0.05, 0.1) is 18.0 Å². The van der Waals surface area contributed by atoms with E-state index in [4.69, 9.17) is 4.74 Å². The first-order valence-electron chi connectivity index (χ1n) is 8.57. The first-order chi connectivity index (χ1) is 12.8. The molecule has 0 fully saturated rings. The van der Waals surface area contributed by atoms with Crippen LogP contribution in [0.15, 0.2) is 53.4 Å². The third-order valence-electron chi connectivity index (χ3n) is 4.07. The van der Waals surface area contributed by atoms with E-state index in [1.54, 1.807) is 12.1 Å². The number of amides is 2. The molecule has 0 saturated heterocycles. The quantitative estimate of drug-likeness (QED) is 0.602. The van der Waals surface area contributed by atoms with Gasteiger partial charge in [-0.1, -0.05) is 24.3 Å². The second kappa shape index (κ2) is 9.38. The molecular formula is C19H25N3O4S. The molecule has 0 bridgehead atoms. The number of hydrogen-bond donors (Lipinski definition) is 3. The lowest BCUT2D eigenvalue weighted by atomic mass is 10.0. The number of nitrogens with one attached hydrogen (secondary N) is 3. The molecule has 2 aromatic rings. The molecule has 7 nitrogen and oxygen atoms in total. The highest BCUT2D eigenvalue weighted by Crippen LogP contribution is 2.16. The van der Waals surface area contributed by atoms with E-state index in [1.165, 1.54) is 19.2 Å². The van der Waals surface area contributed by atoms with Gasteiger partial charge >= 0.3 is 6.03 Å². The Labute approximate surface area is 160 Å². The fourth-order valence-electron chi connectivity index (χ4n) is 2.60. The number of carbonyl (C=O) groups is 1. The Morgan fingerprint density at radius 1 is 1.07 bits per heavy atom. The average Bonchev–Trinajstić information content (AvgIpc) is 2.65. The zero-order valence-electron chi connectivity index (χ0n) is 15.7. The predicted octanol–water partition coefficient (Wildman–Crippen LogP) is 2.34. The lowest BCUT2D eigenvalue weighted by Gasteiger charge is -2.17. The van der Waals surface area contributed by atoms with Crippen molar-refractivity contribution in [3.63, 3.8) is 0 Å². The molecule has 2 aromatic carbocycles. The van der Waals surface area contributed by atoms with Gasteiger partial charge in [0, 0.05) is 13.1 Å². The first kappa shape index (κ1) is 20.7. The molecule has 0 spiro atoms. The Hall–Kier alpha value is -2.58. The molecule has 0 aromatic heterocycles. The van der Waals surface area contributed by atoms with Crippen LogP contribution in [-0.2, 0) is 10.0 Å². The summed E-state index contributed by atoms with van der Waals surface area (Å²) in [5.74, 6) is 0.579. The van der Waals surface area contributed by atoms with Crippen molar-refractivity contribution in [1.82, 2.24) is 15.4 Å². The van der Waals surface area contributed by atoms with Gasteiger partial charge < -0.3 is 15.4 Å². The summed E-state index contributed by atoms with van der Waals surface area (Å²) in [4.78, 5) is 12.1. The third-order valence-corrected chi connectivity index (χ3v) is 5.55. The molecule has 2 amide bonds. The number of carbonyl (C=O) groups excluding carboxylic acids is 1. The number of rotatable bonds is 8. The van der Waals surface area contributed by atoms with E-state index in [1.807, 2.05) is 38.1 Å². The molecular weight excluding hydrogens is 366 g/mol. The highest BCUT2D eigenvalue weighted by Gasteiger charge is 2.14. The van der Waals surface area contributed by atoms with Crippen LogP contribution in [0.5, 0.6) is 5.75 Å². The summed E-state index contributed by atoms with van der Waals surface area (Å²) in [6, 6.07) is 13.4. The number of aryl methyl sites for hydroxylation is 1. The maximum Gasteiger partial charge on any atom is 0.315 e. The molecule has 0 heterocycles. The smallest absolute Gasteiger partial charge is 0.315 e. The molecule has 0 aliphatic carbocycles. The Balaban J connectivity index is 1.78. The number of benzene rings is 2. The van der Waals surface area contributed by atoms with Gasteiger partial charge in [-0.25, -0.2) is 17.9 Å². The highest BCUT2D eigenvalue weighted by molar-refractivity contribution is 7.89. The Bertz CT molecular complexity index is 867. The van der Waals surface area contributed by atoms with Gasteiger partial charge in [0.1, 0.15) is 5.75 Å². The van der Waals surface area contributed by atoms with E-state index >= 15 is 0 Å². The summed E-state index contributed by atoms with van der Waals surface area (Å²) in [6.07, 6.45) is 0. The second-order valence-electron chi connectivity index (χ2n) is 6.05. The van der Waals surface area contributed by atoms with Crippen LogP contribution in [-0.4, -0.2) is 34.6 Å². The van der Waals surface area contributed by atoms with Gasteiger partial charge in [-0.05, 0) is 49.2 Å². The van der Waals surface area contributed by atoms with Crippen LogP contribution in [0.25, 0.3) is 0 Å². The van der Waals surface area contributed by atoms with Crippen LogP contribution >= 0.6 is 0 Å². The number of sulfonamides is 1. The molecule has 0 aliphatic heterocycles. The van der Waals surface area contributed by atoms with Crippen LogP contribution in [0.4, 0.5) is 4.79 Å². The van der Waals surface area contributed by atoms with E-state index < -0.39 is 10.0 Å². The van der Waals surface area contributed by atoms with Gasteiger partial charge in [0.25, 0.3) is 0 Å². The van der Waals surface area contributed by atoms with Crippen LogP contribution in [0, 0.1) is 6.92 Å². The van der Waals surface area contributed by atoms with E-state index in [-0.39, 0.29) is 30.1 Å². The Morgan fingerprint density at radius 3 is 2.37 bits per heavy atom. The van der Waals surface area contributed by atoms with Crippen LogP contribution in [0.3, 0.4) is 0 Å². The Kier molecular flexibility index (Phi) is 7.20. The zero-order valence-corrected chi connectivity index (χ0v) is 16.5. The summed E-state index contributed by atoms with van der Waals surface area (Å²) >= 11 is 0. The number of urea groups is 1. The van der Waals surface area contributed by atoms with Crippen molar-refractivity contribution >= 4 is 16.1 Å². The molecule has 8 heteroatoms. The van der Waals surface area contributed by atoms with Crippen molar-refractivity contribution in [2.75, 3.05) is 20.2 Å². The van der Waals surface area contributed by atoms with Gasteiger partial charge in [-0.2, -0.15) is 0 Å². The molecule has 0 unspecified atom stereocenters. The lowest BCUT2D eigenvalue weighted by molar-refractivity contribution is 0.238. The molecule has 2 rings (SSSR count). The standard InChI is InChI=1S/C19H25N3O4S/c1-14-6-4-5-7-18(14)15(2)22-19(23)20-12-13-21-27(24,25)17-10-8-16(26-3)9-11-17/h4-11,15,21H,12-13H2,1-3H3,(H2,20,22,23)/t15-/m1/s1. The van der Waals surface area contributed by atoms with Crippen LogP contribution in [0.1, 0.15) is 24.1 Å². The first-order valence-corrected chi connectivity index (χ1v) is 10.1. The second-order valence-corrected chi connectivity index (χ2v) is 7.82. The summed E-state index contributed by atoms with van der Waals surface area (Å²) in [7, 11) is -2.12. The van der Waals surface area contributed by atoms with Gasteiger partial charge in [0.15, 0.2) is 0 Å². The largest absolute Gasteiger partial charge is 0.497 e. The third kappa shape index (κ3) is 5.97. The van der Waals surface area contributed by atoms with E-state index in [0.29, 0.717) is 5.75 Å². The van der Waals surface area contributed by atoms with Crippen molar-refractivity contribution in [3.05, 3.63) is 59.7 Å². The fourth-order valence-corrected chi connectivity index (χ4v) is 3.63. The van der Waals surface area contributed by atoms with E-state index in [0.717, 1.165) is 11.1 Å². The maximum atomic E-state index is 12.2. The number of methoxy groups -OCH3 is 1. The number of ether oxygens (including phenoxy) is 1. The minimum Gasteiger partial charge on any atom is -0.497 e. The molecule has 0 radical (unpaired) electrons. The number of hydrogen-bond acceptors (Lipinski definition) is 4. The molecule has 27 heavy (non-hydrogen) atoms. The van der Waals surface area contributed by atoms with Crippen molar-refractivity contribution in [2.45, 2.75) is 24.8 Å². The fraction of sp³-hybridized carbons (Fsp3) is 0.316. The Morgan fingerprint density at radius 2 is 1.74 bits per heavy atom. The van der Waals surface area contributed by atoms with Crippen LogP contribution in [0.2, 0.25) is 0 Å². The summed E-state index contributed by atoms with van der Waals surface area (Å²) in [5, 5.41) is 5.49. The summed E-state index contributed by atoms with van der Waals surface area (Å²) in [5.41, 5.74) is 2.13. The molecule has 3 N–H and O–H groups in total. The molecule has 0 saturated carbocycles. The van der Waals surface area contributed by atoms with Gasteiger partial charge in [0.2, 0.25) is 10.0 Å². The average molecular weight is 391 g/mol. The highest BCUT2D eigenvalue weighted by atomic mass is 32.2. The van der Waals surface area contributed by atoms with Gasteiger partial charge in [-0.3, -0.25) is 0 Å². The van der Waals surface area contributed by atoms with Crippen molar-refractivity contribution in [3.8, 4) is 5.75 Å². The summed E-state index contributed by atoms with van der Waals surface area (Å²) in [6.45, 7) is 4.13. The monoisotopic (exact) mass is 391 g/mol. The predicted molar refractivity (Wildman–Crippen MR) is 104 cm³/mol. The topological polar surface area (TPSA) is 96.5 Å². The molecule has 1 atom stereocenters. The SMILES string of the molecule is COc1ccc(S(=O)(=O)NCCNC(=O)N[C@H](C)c2ccccc2C)cc1. The van der Waals surface area contributed by atoms with Crippen molar-refractivity contribution < 1.29 is 17.9 Å². The van der Waals surface area contributed by atoms with Gasteiger partial charge in [-0.15, -0.1) is 0 Å². The summed E-state index contributed by atoms with van der Waals surface area (Å²) < 4.78 is 31.9. The van der Waals surface area contributed by atoms with E-state index in [9.17, 15) is 13.2 Å². The maximum absolute atomic E-state index is 12.2. The minimum atomic E-state index is -3.63. The van der Waals surface area contributed by atoms with Crippen LogP contribution < -0.4 is 20.1 Å². The zero-order chi connectivity index (χ0) is 19.9. The van der Waals surface area contributed by atoms with Crippen molar-refractivity contribution in [2.24, 2.45) is 0 Å².